The van der Waals surface area contributed by atoms with E-state index in [0.29, 0.717) is 17.2 Å². The van der Waals surface area contributed by atoms with E-state index in [2.05, 4.69) is 20.2 Å². The molecule has 0 saturated heterocycles. The van der Waals surface area contributed by atoms with Crippen molar-refractivity contribution in [3.63, 3.8) is 0 Å². The summed E-state index contributed by atoms with van der Waals surface area (Å²) in [6.45, 7) is 0.101. The van der Waals surface area contributed by atoms with Crippen LogP contribution in [-0.4, -0.2) is 31.3 Å². The first-order valence-corrected chi connectivity index (χ1v) is 7.23. The van der Waals surface area contributed by atoms with Crippen molar-refractivity contribution in [1.29, 1.82) is 0 Å². The van der Waals surface area contributed by atoms with Crippen LogP contribution in [-0.2, 0) is 6.54 Å². The number of hydroxylamine groups is 1. The van der Waals surface area contributed by atoms with E-state index in [-0.39, 0.29) is 12.1 Å². The maximum atomic E-state index is 14.4. The molecule has 2 aromatic heterocycles. The Balaban J connectivity index is 1.95. The summed E-state index contributed by atoms with van der Waals surface area (Å²) in [4.78, 5) is 21.2. The van der Waals surface area contributed by atoms with E-state index in [9.17, 15) is 9.18 Å². The molecular weight excluding hydrogens is 327 g/mol. The van der Waals surface area contributed by atoms with Crippen LogP contribution in [0.3, 0.4) is 0 Å². The minimum Gasteiger partial charge on any atom is -0.304 e. The Morgan fingerprint density at radius 2 is 2.08 bits per heavy atom. The number of rotatable bonds is 5. The first kappa shape index (κ1) is 16.4. The summed E-state index contributed by atoms with van der Waals surface area (Å²) >= 11 is 0. The lowest BCUT2D eigenvalue weighted by Crippen LogP contribution is -2.21. The number of hydrogen-bond acceptors (Lipinski definition) is 7. The fourth-order valence-corrected chi connectivity index (χ4v) is 2.20. The van der Waals surface area contributed by atoms with Crippen LogP contribution in [0.25, 0.3) is 0 Å². The third-order valence-electron chi connectivity index (χ3n) is 3.41. The largest absolute Gasteiger partial charge is 0.304 e. The molecule has 8 nitrogen and oxygen atoms in total. The Morgan fingerprint density at radius 1 is 1.20 bits per heavy atom. The second-order valence-electron chi connectivity index (χ2n) is 4.98. The first-order valence-electron chi connectivity index (χ1n) is 7.23. The van der Waals surface area contributed by atoms with E-state index in [1.807, 2.05) is 0 Å². The Kier molecular flexibility index (Phi) is 4.86. The SMILES string of the molecule is O=C(NO)c1ccc(CN(c2cnccn2)c2cccnn2)c(F)c1. The number of nitrogens with zero attached hydrogens (tertiary/aromatic N) is 5. The Labute approximate surface area is 142 Å². The van der Waals surface area contributed by atoms with E-state index >= 15 is 0 Å². The zero-order valence-corrected chi connectivity index (χ0v) is 12.9. The Bertz CT molecular complexity index is 824. The molecule has 0 spiro atoms. The summed E-state index contributed by atoms with van der Waals surface area (Å²) in [6, 6.07) is 7.34. The number of carbonyl (C=O) groups is 1. The van der Waals surface area contributed by atoms with E-state index in [4.69, 9.17) is 5.21 Å². The number of nitrogens with one attached hydrogen (secondary N) is 1. The van der Waals surface area contributed by atoms with Crippen LogP contribution in [0.15, 0.2) is 55.1 Å². The van der Waals surface area contributed by atoms with Gasteiger partial charge >= 0.3 is 0 Å². The average molecular weight is 340 g/mol. The lowest BCUT2D eigenvalue weighted by molar-refractivity contribution is 0.0706. The molecule has 1 aromatic carbocycles. The molecule has 0 bridgehead atoms. The van der Waals surface area contributed by atoms with Gasteiger partial charge < -0.3 is 4.90 Å². The molecule has 2 heterocycles. The number of halogens is 1. The van der Waals surface area contributed by atoms with Gasteiger partial charge in [-0.1, -0.05) is 6.07 Å². The van der Waals surface area contributed by atoms with E-state index in [1.54, 1.807) is 17.0 Å². The second-order valence-corrected chi connectivity index (χ2v) is 4.98. The number of carbonyl (C=O) groups excluding carboxylic acids is 1. The van der Waals surface area contributed by atoms with Gasteiger partial charge in [0.15, 0.2) is 11.6 Å². The van der Waals surface area contributed by atoms with Crippen molar-refractivity contribution in [3.8, 4) is 0 Å². The summed E-state index contributed by atoms with van der Waals surface area (Å²) in [5.74, 6) is -0.441. The van der Waals surface area contributed by atoms with Gasteiger partial charge in [-0.2, -0.15) is 5.10 Å². The van der Waals surface area contributed by atoms with Crippen LogP contribution >= 0.6 is 0 Å². The molecule has 126 valence electrons. The summed E-state index contributed by atoms with van der Waals surface area (Å²) in [7, 11) is 0. The van der Waals surface area contributed by atoms with Crippen molar-refractivity contribution >= 4 is 17.5 Å². The molecule has 9 heteroatoms. The van der Waals surface area contributed by atoms with Gasteiger partial charge in [-0.25, -0.2) is 14.9 Å². The molecule has 0 atom stereocenters. The lowest BCUT2D eigenvalue weighted by Gasteiger charge is -2.22. The summed E-state index contributed by atoms with van der Waals surface area (Å²) in [5, 5.41) is 16.5. The van der Waals surface area contributed by atoms with Gasteiger partial charge in [0.2, 0.25) is 0 Å². The fraction of sp³-hybridized carbons (Fsp3) is 0.0625. The molecule has 2 N–H and O–H groups in total. The zero-order chi connectivity index (χ0) is 17.6. The average Bonchev–Trinajstić information content (AvgIpc) is 2.67. The standard InChI is InChI=1S/C16H13FN6O2/c17-13-8-11(16(24)22-25)3-4-12(13)10-23(14-2-1-5-20-21-14)15-9-18-6-7-19-15/h1-9,25H,10H2,(H,22,24). The predicted molar refractivity (Wildman–Crippen MR) is 85.6 cm³/mol. The summed E-state index contributed by atoms with van der Waals surface area (Å²) in [6.07, 6.45) is 6.10. The number of amides is 1. The van der Waals surface area contributed by atoms with Crippen molar-refractivity contribution in [2.45, 2.75) is 6.54 Å². The normalized spacial score (nSPS) is 10.3. The maximum Gasteiger partial charge on any atom is 0.274 e. The molecule has 0 saturated carbocycles. The molecule has 1 amide bonds. The minimum atomic E-state index is -0.787. The van der Waals surface area contributed by atoms with Crippen LogP contribution in [0.2, 0.25) is 0 Å². The second kappa shape index (κ2) is 7.41. The van der Waals surface area contributed by atoms with Crippen molar-refractivity contribution in [2.24, 2.45) is 0 Å². The molecule has 0 fully saturated rings. The highest BCUT2D eigenvalue weighted by Gasteiger charge is 2.16. The lowest BCUT2D eigenvalue weighted by atomic mass is 10.1. The van der Waals surface area contributed by atoms with E-state index in [1.165, 1.54) is 42.4 Å². The highest BCUT2D eigenvalue weighted by atomic mass is 19.1. The smallest absolute Gasteiger partial charge is 0.274 e. The molecule has 0 aliphatic heterocycles. The van der Waals surface area contributed by atoms with Crippen LogP contribution in [0.4, 0.5) is 16.0 Å². The minimum absolute atomic E-state index is 0.00862. The summed E-state index contributed by atoms with van der Waals surface area (Å²) < 4.78 is 14.4. The van der Waals surface area contributed by atoms with E-state index in [0.717, 1.165) is 6.07 Å². The van der Waals surface area contributed by atoms with Crippen molar-refractivity contribution in [3.05, 3.63) is 72.1 Å². The Morgan fingerprint density at radius 3 is 2.72 bits per heavy atom. The molecule has 0 unspecified atom stereocenters. The highest BCUT2D eigenvalue weighted by Crippen LogP contribution is 2.24. The van der Waals surface area contributed by atoms with Crippen LogP contribution < -0.4 is 10.4 Å². The van der Waals surface area contributed by atoms with Crippen LogP contribution in [0, 0.1) is 5.82 Å². The van der Waals surface area contributed by atoms with Gasteiger partial charge in [0.25, 0.3) is 5.91 Å². The molecular formula is C16H13FN6O2. The topological polar surface area (TPSA) is 104 Å². The highest BCUT2D eigenvalue weighted by molar-refractivity contribution is 5.93. The number of aromatic nitrogens is 4. The zero-order valence-electron chi connectivity index (χ0n) is 12.9. The third kappa shape index (κ3) is 3.72. The van der Waals surface area contributed by atoms with Gasteiger partial charge in [-0.3, -0.25) is 15.0 Å². The molecule has 0 aliphatic rings. The monoisotopic (exact) mass is 340 g/mol. The van der Waals surface area contributed by atoms with Crippen LogP contribution in [0.1, 0.15) is 15.9 Å². The van der Waals surface area contributed by atoms with Gasteiger partial charge in [-0.05, 0) is 24.3 Å². The fourth-order valence-electron chi connectivity index (χ4n) is 2.20. The molecule has 0 radical (unpaired) electrons. The van der Waals surface area contributed by atoms with Crippen molar-refractivity contribution < 1.29 is 14.4 Å². The van der Waals surface area contributed by atoms with E-state index < -0.39 is 11.7 Å². The number of anilines is 2. The van der Waals surface area contributed by atoms with Gasteiger partial charge in [0, 0.05) is 29.7 Å². The Hall–Kier alpha value is -3.46. The quantitative estimate of drug-likeness (QED) is 0.539. The predicted octanol–water partition coefficient (Wildman–Crippen LogP) is 1.86. The third-order valence-corrected chi connectivity index (χ3v) is 3.41. The molecule has 0 aliphatic carbocycles. The first-order chi connectivity index (χ1) is 12.2. The molecule has 3 aromatic rings. The van der Waals surface area contributed by atoms with Crippen molar-refractivity contribution in [1.82, 2.24) is 25.6 Å². The number of benzene rings is 1. The van der Waals surface area contributed by atoms with Gasteiger partial charge in [0.05, 0.1) is 12.7 Å². The van der Waals surface area contributed by atoms with Crippen molar-refractivity contribution in [2.75, 3.05) is 4.90 Å². The van der Waals surface area contributed by atoms with Gasteiger partial charge in [-0.15, -0.1) is 5.10 Å². The molecule has 25 heavy (non-hydrogen) atoms. The van der Waals surface area contributed by atoms with Gasteiger partial charge in [0.1, 0.15) is 5.82 Å². The molecule has 3 rings (SSSR count). The van der Waals surface area contributed by atoms with Crippen LogP contribution in [0.5, 0.6) is 0 Å². The summed E-state index contributed by atoms with van der Waals surface area (Å²) in [5.41, 5.74) is 1.79. The maximum absolute atomic E-state index is 14.4. The number of hydrogen-bond donors (Lipinski definition) is 2.